The molecule has 0 atom stereocenters. The van der Waals surface area contributed by atoms with Crippen LogP contribution in [0.25, 0.3) is 22.3 Å². The monoisotopic (exact) mass is 546 g/mol. The van der Waals surface area contributed by atoms with E-state index in [4.69, 9.17) is 4.74 Å². The molecule has 0 saturated heterocycles. The van der Waals surface area contributed by atoms with E-state index in [1.807, 2.05) is 24.3 Å². The van der Waals surface area contributed by atoms with E-state index in [-0.39, 0.29) is 17.0 Å². The summed E-state index contributed by atoms with van der Waals surface area (Å²) in [4.78, 5) is 0. The van der Waals surface area contributed by atoms with Gasteiger partial charge >= 0.3 is 0 Å². The van der Waals surface area contributed by atoms with Crippen LogP contribution in [0.15, 0.2) is 48.5 Å². The van der Waals surface area contributed by atoms with Gasteiger partial charge in [0.1, 0.15) is 17.4 Å². The second kappa shape index (κ2) is 13.3. The van der Waals surface area contributed by atoms with Gasteiger partial charge in [0.15, 0.2) is 0 Å². The summed E-state index contributed by atoms with van der Waals surface area (Å²) in [5.41, 5.74) is 5.88. The van der Waals surface area contributed by atoms with Crippen molar-refractivity contribution in [3.8, 4) is 28.0 Å². The second-order valence-electron chi connectivity index (χ2n) is 12.1. The molecule has 3 aromatic carbocycles. The van der Waals surface area contributed by atoms with Crippen LogP contribution >= 0.6 is 0 Å². The Bertz CT molecular complexity index is 1270. The van der Waals surface area contributed by atoms with E-state index >= 15 is 8.78 Å². The molecule has 0 aliphatic heterocycles. The molecule has 1 aliphatic carbocycles. The minimum Gasteiger partial charge on any atom is -0.493 e. The zero-order chi connectivity index (χ0) is 28.9. The number of halogens is 2. The summed E-state index contributed by atoms with van der Waals surface area (Å²) < 4.78 is 37.4. The summed E-state index contributed by atoms with van der Waals surface area (Å²) in [6.45, 7) is 13.9. The van der Waals surface area contributed by atoms with Gasteiger partial charge in [-0.05, 0) is 109 Å². The summed E-state index contributed by atoms with van der Waals surface area (Å²) in [6, 6.07) is 14.9. The van der Waals surface area contributed by atoms with Crippen molar-refractivity contribution in [3.63, 3.8) is 0 Å². The lowest BCUT2D eigenvalue weighted by Gasteiger charge is -2.31. The van der Waals surface area contributed by atoms with Gasteiger partial charge in [0.05, 0.1) is 6.61 Å². The Kier molecular flexibility index (Phi) is 10.1. The van der Waals surface area contributed by atoms with Crippen molar-refractivity contribution in [2.24, 2.45) is 11.3 Å². The lowest BCUT2D eigenvalue weighted by atomic mass is 9.79. The van der Waals surface area contributed by atoms with Crippen LogP contribution < -0.4 is 4.74 Å². The largest absolute Gasteiger partial charge is 0.493 e. The van der Waals surface area contributed by atoms with Gasteiger partial charge in [-0.1, -0.05) is 78.6 Å². The van der Waals surface area contributed by atoms with Crippen molar-refractivity contribution in [3.05, 3.63) is 76.9 Å². The van der Waals surface area contributed by atoms with Crippen molar-refractivity contribution < 1.29 is 13.5 Å². The van der Waals surface area contributed by atoms with Gasteiger partial charge in [-0.2, -0.15) is 0 Å². The molecule has 3 aromatic rings. The third kappa shape index (κ3) is 6.45. The summed E-state index contributed by atoms with van der Waals surface area (Å²) in [5.74, 6) is 1.50. The molecule has 1 nitrogen and oxygen atoms in total. The summed E-state index contributed by atoms with van der Waals surface area (Å²) in [5, 5.41) is 0. The molecule has 216 valence electrons. The lowest BCUT2D eigenvalue weighted by molar-refractivity contribution is 0.127. The summed E-state index contributed by atoms with van der Waals surface area (Å²) in [7, 11) is 0. The van der Waals surface area contributed by atoms with E-state index < -0.39 is 0 Å². The highest BCUT2D eigenvalue weighted by molar-refractivity contribution is 5.74. The fourth-order valence-corrected chi connectivity index (χ4v) is 6.42. The van der Waals surface area contributed by atoms with Crippen molar-refractivity contribution in [2.75, 3.05) is 6.61 Å². The predicted octanol–water partition coefficient (Wildman–Crippen LogP) is 11.3. The van der Waals surface area contributed by atoms with Crippen LogP contribution in [0.4, 0.5) is 8.78 Å². The Morgan fingerprint density at radius 1 is 0.700 bits per heavy atom. The molecule has 0 bridgehead atoms. The van der Waals surface area contributed by atoms with Gasteiger partial charge in [0.25, 0.3) is 0 Å². The van der Waals surface area contributed by atoms with Gasteiger partial charge < -0.3 is 4.74 Å². The van der Waals surface area contributed by atoms with Crippen LogP contribution in [0, 0.1) is 23.0 Å². The lowest BCUT2D eigenvalue weighted by Crippen LogP contribution is -2.26. The first-order valence-electron chi connectivity index (χ1n) is 15.7. The molecule has 1 saturated carbocycles. The first-order chi connectivity index (χ1) is 19.3. The van der Waals surface area contributed by atoms with Crippen LogP contribution in [0.1, 0.15) is 109 Å². The Morgan fingerprint density at radius 2 is 1.32 bits per heavy atom. The SMILES string of the molecule is CCc1cc(-c2ccc(-c3ccc(C4CCC(C)CC4)cc3F)cc2F)c(CC)cc1OCC(CC)(CC)CC. The maximum absolute atomic E-state index is 15.7. The summed E-state index contributed by atoms with van der Waals surface area (Å²) >= 11 is 0. The van der Waals surface area contributed by atoms with Crippen molar-refractivity contribution in [1.82, 2.24) is 0 Å². The Hall–Kier alpha value is -2.68. The van der Waals surface area contributed by atoms with Crippen LogP contribution in [-0.2, 0) is 12.8 Å². The number of aryl methyl sites for hydroxylation is 2. The Labute approximate surface area is 241 Å². The number of ether oxygens (including phenoxy) is 1. The quantitative estimate of drug-likeness (QED) is 0.232. The molecule has 40 heavy (non-hydrogen) atoms. The smallest absolute Gasteiger partial charge is 0.131 e. The van der Waals surface area contributed by atoms with Crippen LogP contribution in [0.5, 0.6) is 5.75 Å². The topological polar surface area (TPSA) is 9.23 Å². The van der Waals surface area contributed by atoms with Gasteiger partial charge in [-0.15, -0.1) is 0 Å². The van der Waals surface area contributed by atoms with E-state index in [2.05, 4.69) is 53.7 Å². The molecular weight excluding hydrogens is 498 g/mol. The maximum Gasteiger partial charge on any atom is 0.131 e. The zero-order valence-corrected chi connectivity index (χ0v) is 25.5. The zero-order valence-electron chi connectivity index (χ0n) is 25.5. The molecular formula is C37H48F2O. The molecule has 4 rings (SSSR count). The summed E-state index contributed by atoms with van der Waals surface area (Å²) in [6.07, 6.45) is 9.46. The molecule has 0 aromatic heterocycles. The third-order valence-corrected chi connectivity index (χ3v) is 9.88. The van der Waals surface area contributed by atoms with Crippen LogP contribution in [0.2, 0.25) is 0 Å². The fraction of sp³-hybridized carbons (Fsp3) is 0.514. The first-order valence-corrected chi connectivity index (χ1v) is 15.7. The molecule has 3 heteroatoms. The minimum atomic E-state index is -0.324. The average molecular weight is 547 g/mol. The Balaban J connectivity index is 1.61. The minimum absolute atomic E-state index is 0.181. The molecule has 0 spiro atoms. The number of hydrogen-bond donors (Lipinski definition) is 0. The van der Waals surface area contributed by atoms with E-state index in [0.29, 0.717) is 29.2 Å². The normalized spacial score (nSPS) is 17.7. The van der Waals surface area contributed by atoms with Crippen molar-refractivity contribution in [1.29, 1.82) is 0 Å². The molecule has 1 aliphatic rings. The van der Waals surface area contributed by atoms with Crippen LogP contribution in [-0.4, -0.2) is 6.61 Å². The third-order valence-electron chi connectivity index (χ3n) is 9.88. The highest BCUT2D eigenvalue weighted by Gasteiger charge is 2.26. The maximum atomic E-state index is 15.7. The number of benzene rings is 3. The average Bonchev–Trinajstić information content (AvgIpc) is 2.98. The fourth-order valence-electron chi connectivity index (χ4n) is 6.42. The standard InChI is InChI=1S/C37H48F2O/c1-7-26-23-36(40-24-37(9-3,10-4)11-5)27(8-2)20-33(26)32-19-17-30(22-35(32)39)31-18-16-29(21-34(31)38)28-14-12-25(6)13-15-28/h16-23,25,28H,7-15,24H2,1-6H3. The van der Waals surface area contributed by atoms with Gasteiger partial charge in [-0.3, -0.25) is 0 Å². The first kappa shape index (κ1) is 30.3. The van der Waals surface area contributed by atoms with Crippen molar-refractivity contribution in [2.45, 2.75) is 105 Å². The molecule has 0 heterocycles. The number of hydrogen-bond acceptors (Lipinski definition) is 1. The molecule has 0 radical (unpaired) electrons. The van der Waals surface area contributed by atoms with E-state index in [1.165, 1.54) is 18.9 Å². The molecule has 0 unspecified atom stereocenters. The van der Waals surface area contributed by atoms with E-state index in [0.717, 1.165) is 78.9 Å². The van der Waals surface area contributed by atoms with Crippen LogP contribution in [0.3, 0.4) is 0 Å². The van der Waals surface area contributed by atoms with E-state index in [1.54, 1.807) is 6.07 Å². The second-order valence-corrected chi connectivity index (χ2v) is 12.1. The van der Waals surface area contributed by atoms with Gasteiger partial charge in [0, 0.05) is 16.5 Å². The number of rotatable bonds is 11. The van der Waals surface area contributed by atoms with Gasteiger partial charge in [0.2, 0.25) is 0 Å². The van der Waals surface area contributed by atoms with Gasteiger partial charge in [-0.25, -0.2) is 8.78 Å². The Morgan fingerprint density at radius 3 is 1.90 bits per heavy atom. The van der Waals surface area contributed by atoms with Crippen molar-refractivity contribution >= 4 is 0 Å². The highest BCUT2D eigenvalue weighted by atomic mass is 19.1. The highest BCUT2D eigenvalue weighted by Crippen LogP contribution is 2.39. The molecule has 0 N–H and O–H groups in total. The predicted molar refractivity (Wildman–Crippen MR) is 165 cm³/mol. The molecule has 1 fully saturated rings. The van der Waals surface area contributed by atoms with E-state index in [9.17, 15) is 0 Å². The molecule has 0 amide bonds.